The van der Waals surface area contributed by atoms with Crippen molar-refractivity contribution >= 4 is 5.91 Å². The van der Waals surface area contributed by atoms with Crippen LogP contribution in [0, 0.1) is 13.8 Å². The number of hydrogen-bond acceptors (Lipinski definition) is 4. The molecule has 0 atom stereocenters. The number of hydrogen-bond donors (Lipinski definition) is 2. The average molecular weight is 294 g/mol. The van der Waals surface area contributed by atoms with E-state index in [0.29, 0.717) is 26.2 Å². The van der Waals surface area contributed by atoms with Gasteiger partial charge in [0.2, 0.25) is 5.91 Å². The quantitative estimate of drug-likeness (QED) is 0.641. The Morgan fingerprint density at radius 3 is 2.71 bits per heavy atom. The Balaban J connectivity index is 2.12. The summed E-state index contributed by atoms with van der Waals surface area (Å²) >= 11 is 0. The highest BCUT2D eigenvalue weighted by Gasteiger charge is 2.04. The van der Waals surface area contributed by atoms with E-state index < -0.39 is 0 Å². The first kappa shape index (κ1) is 17.5. The van der Waals surface area contributed by atoms with E-state index in [4.69, 9.17) is 9.47 Å². The van der Waals surface area contributed by atoms with Crippen LogP contribution in [0.1, 0.15) is 17.5 Å². The molecule has 0 saturated carbocycles. The minimum atomic E-state index is 0.00819. The molecule has 0 aliphatic carbocycles. The lowest BCUT2D eigenvalue weighted by molar-refractivity contribution is -0.121. The molecule has 0 saturated heterocycles. The lowest BCUT2D eigenvalue weighted by Gasteiger charge is -2.11. The van der Waals surface area contributed by atoms with Gasteiger partial charge in [0.1, 0.15) is 5.75 Å². The van der Waals surface area contributed by atoms with Crippen LogP contribution in [0.3, 0.4) is 0 Å². The summed E-state index contributed by atoms with van der Waals surface area (Å²) in [6, 6.07) is 5.94. The number of benzene rings is 1. The zero-order chi connectivity index (χ0) is 15.5. The highest BCUT2D eigenvalue weighted by molar-refractivity contribution is 5.75. The van der Waals surface area contributed by atoms with Gasteiger partial charge in [0.25, 0.3) is 0 Å². The molecule has 5 nitrogen and oxygen atoms in total. The smallest absolute Gasteiger partial charge is 0.223 e. The number of carbonyl (C=O) groups is 1. The van der Waals surface area contributed by atoms with Crippen LogP contribution >= 0.6 is 0 Å². The number of amides is 1. The van der Waals surface area contributed by atoms with Gasteiger partial charge in [-0.1, -0.05) is 12.1 Å². The molecule has 1 aromatic carbocycles. The molecule has 0 bridgehead atoms. The van der Waals surface area contributed by atoms with Crippen molar-refractivity contribution in [2.75, 3.05) is 40.0 Å². The number of methoxy groups -OCH3 is 1. The minimum Gasteiger partial charge on any atom is -0.493 e. The summed E-state index contributed by atoms with van der Waals surface area (Å²) in [6.45, 7) is 7.30. The first-order valence-corrected chi connectivity index (χ1v) is 7.30. The molecule has 1 aromatic rings. The molecule has 21 heavy (non-hydrogen) atoms. The van der Waals surface area contributed by atoms with Crippen LogP contribution in [0.4, 0.5) is 0 Å². The maximum absolute atomic E-state index is 11.6. The lowest BCUT2D eigenvalue weighted by atomic mass is 10.1. The molecular weight excluding hydrogens is 268 g/mol. The van der Waals surface area contributed by atoms with Crippen LogP contribution in [0.25, 0.3) is 0 Å². The third-order valence-corrected chi connectivity index (χ3v) is 3.25. The fraction of sp³-hybridized carbons (Fsp3) is 0.562. The van der Waals surface area contributed by atoms with Gasteiger partial charge < -0.3 is 20.1 Å². The van der Waals surface area contributed by atoms with E-state index >= 15 is 0 Å². The standard InChI is InChI=1S/C16H26N2O3/c1-13-5-4-6-15(14(13)2)21-11-7-16(19)18-9-8-17-10-12-20-3/h4-6,17H,7-12H2,1-3H3,(H,18,19). The predicted octanol–water partition coefficient (Wildman–Crippen LogP) is 1.42. The Bertz CT molecular complexity index is 436. The number of nitrogens with one attached hydrogen (secondary N) is 2. The van der Waals surface area contributed by atoms with Crippen LogP contribution < -0.4 is 15.4 Å². The topological polar surface area (TPSA) is 59.6 Å². The van der Waals surface area contributed by atoms with Crippen LogP contribution in [-0.4, -0.2) is 45.9 Å². The molecule has 0 spiro atoms. The molecule has 0 aliphatic rings. The van der Waals surface area contributed by atoms with Crippen molar-refractivity contribution in [2.24, 2.45) is 0 Å². The molecular formula is C16H26N2O3. The molecule has 2 N–H and O–H groups in total. The van der Waals surface area contributed by atoms with Gasteiger partial charge in [-0.15, -0.1) is 0 Å². The van der Waals surface area contributed by atoms with Gasteiger partial charge >= 0.3 is 0 Å². The van der Waals surface area contributed by atoms with Crippen molar-refractivity contribution in [3.8, 4) is 5.75 Å². The van der Waals surface area contributed by atoms with E-state index in [-0.39, 0.29) is 5.91 Å². The molecule has 0 aliphatic heterocycles. The number of aryl methyl sites for hydroxylation is 1. The molecule has 1 amide bonds. The summed E-state index contributed by atoms with van der Waals surface area (Å²) in [4.78, 5) is 11.6. The van der Waals surface area contributed by atoms with Gasteiger partial charge in [-0.3, -0.25) is 4.79 Å². The van der Waals surface area contributed by atoms with Crippen LogP contribution in [0.15, 0.2) is 18.2 Å². The van der Waals surface area contributed by atoms with Crippen LogP contribution in [-0.2, 0) is 9.53 Å². The SMILES string of the molecule is COCCNCCNC(=O)CCOc1cccc(C)c1C. The van der Waals surface area contributed by atoms with Crippen molar-refractivity contribution in [3.05, 3.63) is 29.3 Å². The summed E-state index contributed by atoms with van der Waals surface area (Å²) in [5, 5.41) is 6.02. The molecule has 0 radical (unpaired) electrons. The van der Waals surface area contributed by atoms with E-state index in [1.807, 2.05) is 32.0 Å². The summed E-state index contributed by atoms with van der Waals surface area (Å²) in [7, 11) is 1.67. The Labute approximate surface area is 127 Å². The second-order valence-corrected chi connectivity index (χ2v) is 4.89. The minimum absolute atomic E-state index is 0.00819. The lowest BCUT2D eigenvalue weighted by Crippen LogP contribution is -2.33. The van der Waals surface area contributed by atoms with Gasteiger partial charge in [-0.05, 0) is 31.0 Å². The van der Waals surface area contributed by atoms with Gasteiger partial charge in [-0.2, -0.15) is 0 Å². The largest absolute Gasteiger partial charge is 0.493 e. The fourth-order valence-electron chi connectivity index (χ4n) is 1.81. The van der Waals surface area contributed by atoms with Crippen molar-refractivity contribution in [2.45, 2.75) is 20.3 Å². The van der Waals surface area contributed by atoms with Crippen molar-refractivity contribution in [3.63, 3.8) is 0 Å². The molecule has 1 rings (SSSR count). The summed E-state index contributed by atoms with van der Waals surface area (Å²) in [6.07, 6.45) is 0.367. The first-order chi connectivity index (χ1) is 10.1. The van der Waals surface area contributed by atoms with Crippen molar-refractivity contribution in [1.29, 1.82) is 0 Å². The number of rotatable bonds is 10. The Hall–Kier alpha value is -1.59. The molecule has 0 unspecified atom stereocenters. The number of carbonyl (C=O) groups excluding carboxylic acids is 1. The summed E-state index contributed by atoms with van der Waals surface area (Å²) in [5.41, 5.74) is 2.32. The van der Waals surface area contributed by atoms with E-state index in [0.717, 1.165) is 24.4 Å². The highest BCUT2D eigenvalue weighted by atomic mass is 16.5. The van der Waals surface area contributed by atoms with E-state index in [2.05, 4.69) is 10.6 Å². The predicted molar refractivity (Wildman–Crippen MR) is 83.8 cm³/mol. The van der Waals surface area contributed by atoms with E-state index in [1.54, 1.807) is 7.11 Å². The maximum atomic E-state index is 11.6. The third kappa shape index (κ3) is 7.11. The zero-order valence-electron chi connectivity index (χ0n) is 13.2. The van der Waals surface area contributed by atoms with Gasteiger partial charge in [0.15, 0.2) is 0 Å². The second-order valence-electron chi connectivity index (χ2n) is 4.89. The van der Waals surface area contributed by atoms with E-state index in [9.17, 15) is 4.79 Å². The second kappa shape index (κ2) is 10.2. The van der Waals surface area contributed by atoms with E-state index in [1.165, 1.54) is 5.56 Å². The molecule has 118 valence electrons. The molecule has 0 aromatic heterocycles. The summed E-state index contributed by atoms with van der Waals surface area (Å²) in [5.74, 6) is 0.859. The number of ether oxygens (including phenoxy) is 2. The van der Waals surface area contributed by atoms with Gasteiger partial charge in [0.05, 0.1) is 19.6 Å². The van der Waals surface area contributed by atoms with Crippen molar-refractivity contribution in [1.82, 2.24) is 10.6 Å². The highest BCUT2D eigenvalue weighted by Crippen LogP contribution is 2.20. The average Bonchev–Trinajstić information content (AvgIpc) is 2.47. The van der Waals surface area contributed by atoms with Crippen molar-refractivity contribution < 1.29 is 14.3 Å². The molecule has 0 heterocycles. The maximum Gasteiger partial charge on any atom is 0.223 e. The molecule has 0 fully saturated rings. The Morgan fingerprint density at radius 2 is 1.95 bits per heavy atom. The Kier molecular flexibility index (Phi) is 8.47. The van der Waals surface area contributed by atoms with Crippen LogP contribution in [0.5, 0.6) is 5.75 Å². The Morgan fingerprint density at radius 1 is 1.14 bits per heavy atom. The summed E-state index contributed by atoms with van der Waals surface area (Å²) < 4.78 is 10.6. The monoisotopic (exact) mass is 294 g/mol. The molecule has 5 heteroatoms. The van der Waals surface area contributed by atoms with Gasteiger partial charge in [-0.25, -0.2) is 0 Å². The zero-order valence-corrected chi connectivity index (χ0v) is 13.2. The fourth-order valence-corrected chi connectivity index (χ4v) is 1.81. The first-order valence-electron chi connectivity index (χ1n) is 7.30. The van der Waals surface area contributed by atoms with Gasteiger partial charge in [0, 0.05) is 26.7 Å². The third-order valence-electron chi connectivity index (χ3n) is 3.25. The normalized spacial score (nSPS) is 10.4. The van der Waals surface area contributed by atoms with Crippen LogP contribution in [0.2, 0.25) is 0 Å².